The second kappa shape index (κ2) is 7.34. The van der Waals surface area contributed by atoms with Gasteiger partial charge >= 0.3 is 0 Å². The molecule has 1 aliphatic carbocycles. The Labute approximate surface area is 156 Å². The monoisotopic (exact) mass is 369 g/mol. The lowest BCUT2D eigenvalue weighted by atomic mass is 9.96. The maximum Gasteiger partial charge on any atom is 0.233 e. The third-order valence-electron chi connectivity index (χ3n) is 4.72. The van der Waals surface area contributed by atoms with E-state index in [0.717, 1.165) is 18.4 Å². The lowest BCUT2D eigenvalue weighted by Crippen LogP contribution is -2.32. The Kier molecular flexibility index (Phi) is 4.75. The number of oxazole rings is 1. The average Bonchev–Trinajstić information content (AvgIpc) is 3.11. The third-order valence-corrected chi connectivity index (χ3v) is 4.72. The molecule has 0 spiro atoms. The highest BCUT2D eigenvalue weighted by molar-refractivity contribution is 5.72. The van der Waals surface area contributed by atoms with Gasteiger partial charge in [-0.05, 0) is 37.5 Å². The number of aryl methyl sites for hydroxylation is 1. The van der Waals surface area contributed by atoms with Crippen LogP contribution in [0.3, 0.4) is 0 Å². The number of aromatic nitrogens is 3. The van der Waals surface area contributed by atoms with Crippen LogP contribution >= 0.6 is 0 Å². The SMILES string of the molecule is Cc1nc(-c2ccc(-c3ccc(O[C@@H]4CCCC[C@@H]4F)nn3)c(O)c2)co1. The molecule has 27 heavy (non-hydrogen) atoms. The van der Waals surface area contributed by atoms with Crippen LogP contribution in [0.15, 0.2) is 41.0 Å². The first kappa shape index (κ1) is 17.5. The van der Waals surface area contributed by atoms with Gasteiger partial charge in [0.2, 0.25) is 5.88 Å². The van der Waals surface area contributed by atoms with Crippen LogP contribution in [0, 0.1) is 6.92 Å². The van der Waals surface area contributed by atoms with Crippen molar-refractivity contribution >= 4 is 0 Å². The zero-order valence-electron chi connectivity index (χ0n) is 14.9. The van der Waals surface area contributed by atoms with Crippen LogP contribution < -0.4 is 4.74 Å². The molecular weight excluding hydrogens is 349 g/mol. The Bertz CT molecular complexity index is 926. The first-order valence-corrected chi connectivity index (χ1v) is 9.00. The zero-order valence-corrected chi connectivity index (χ0v) is 14.9. The molecule has 140 valence electrons. The highest BCUT2D eigenvalue weighted by Crippen LogP contribution is 2.32. The van der Waals surface area contributed by atoms with Gasteiger partial charge < -0.3 is 14.3 Å². The molecule has 3 aromatic rings. The fourth-order valence-electron chi connectivity index (χ4n) is 3.27. The summed E-state index contributed by atoms with van der Waals surface area (Å²) in [5, 5.41) is 18.5. The molecule has 4 rings (SSSR count). The van der Waals surface area contributed by atoms with E-state index in [1.807, 2.05) is 6.07 Å². The van der Waals surface area contributed by atoms with Gasteiger partial charge in [-0.1, -0.05) is 12.5 Å². The summed E-state index contributed by atoms with van der Waals surface area (Å²) in [6, 6.07) is 8.53. The largest absolute Gasteiger partial charge is 0.507 e. The maximum absolute atomic E-state index is 13.9. The van der Waals surface area contributed by atoms with Crippen molar-refractivity contribution in [2.45, 2.75) is 44.9 Å². The van der Waals surface area contributed by atoms with Crippen molar-refractivity contribution < 1.29 is 18.7 Å². The maximum atomic E-state index is 13.9. The minimum atomic E-state index is -0.961. The third kappa shape index (κ3) is 3.77. The van der Waals surface area contributed by atoms with E-state index in [4.69, 9.17) is 9.15 Å². The number of aromatic hydroxyl groups is 1. The number of rotatable bonds is 4. The van der Waals surface area contributed by atoms with E-state index in [2.05, 4.69) is 15.2 Å². The molecule has 0 bridgehead atoms. The molecule has 0 amide bonds. The van der Waals surface area contributed by atoms with E-state index in [1.165, 1.54) is 0 Å². The summed E-state index contributed by atoms with van der Waals surface area (Å²) >= 11 is 0. The number of phenols is 1. The molecule has 2 aromatic heterocycles. The second-order valence-corrected chi connectivity index (χ2v) is 6.70. The lowest BCUT2D eigenvalue weighted by molar-refractivity contribution is 0.0594. The van der Waals surface area contributed by atoms with Crippen molar-refractivity contribution in [2.24, 2.45) is 0 Å². The van der Waals surface area contributed by atoms with E-state index in [-0.39, 0.29) is 5.75 Å². The number of halogens is 1. The number of benzene rings is 1. The Balaban J connectivity index is 1.51. The van der Waals surface area contributed by atoms with Gasteiger partial charge in [-0.2, -0.15) is 0 Å². The van der Waals surface area contributed by atoms with Gasteiger partial charge in [0.1, 0.15) is 30.0 Å². The van der Waals surface area contributed by atoms with Crippen LogP contribution in [0.1, 0.15) is 31.6 Å². The topological polar surface area (TPSA) is 81.3 Å². The van der Waals surface area contributed by atoms with E-state index >= 15 is 0 Å². The van der Waals surface area contributed by atoms with E-state index < -0.39 is 12.3 Å². The number of nitrogens with zero attached hydrogens (tertiary/aromatic N) is 3. The molecule has 2 heterocycles. The van der Waals surface area contributed by atoms with Gasteiger partial charge in [-0.3, -0.25) is 0 Å². The van der Waals surface area contributed by atoms with Crippen molar-refractivity contribution in [3.05, 3.63) is 42.5 Å². The molecule has 1 fully saturated rings. The molecule has 0 saturated heterocycles. The van der Waals surface area contributed by atoms with E-state index in [0.29, 0.717) is 41.6 Å². The van der Waals surface area contributed by atoms with Gasteiger partial charge in [-0.15, -0.1) is 10.2 Å². The number of hydrogen-bond donors (Lipinski definition) is 1. The molecule has 1 saturated carbocycles. The zero-order chi connectivity index (χ0) is 18.8. The van der Waals surface area contributed by atoms with Crippen molar-refractivity contribution in [1.82, 2.24) is 15.2 Å². The van der Waals surface area contributed by atoms with E-state index in [1.54, 1.807) is 37.5 Å². The Morgan fingerprint density at radius 1 is 1.11 bits per heavy atom. The van der Waals surface area contributed by atoms with Crippen LogP contribution in [0.5, 0.6) is 11.6 Å². The molecule has 6 nitrogen and oxygen atoms in total. The van der Waals surface area contributed by atoms with Gasteiger partial charge in [0.25, 0.3) is 0 Å². The fraction of sp³-hybridized carbons (Fsp3) is 0.350. The minimum Gasteiger partial charge on any atom is -0.507 e. The Morgan fingerprint density at radius 2 is 1.96 bits per heavy atom. The normalized spacial score (nSPS) is 19.8. The number of phenolic OH excluding ortho intramolecular Hbond substituents is 1. The highest BCUT2D eigenvalue weighted by atomic mass is 19.1. The van der Waals surface area contributed by atoms with Gasteiger partial charge in [0.15, 0.2) is 5.89 Å². The van der Waals surface area contributed by atoms with Gasteiger partial charge in [-0.25, -0.2) is 9.37 Å². The van der Waals surface area contributed by atoms with Gasteiger partial charge in [0.05, 0.1) is 5.69 Å². The summed E-state index contributed by atoms with van der Waals surface area (Å²) in [6.45, 7) is 1.76. The average molecular weight is 369 g/mol. The smallest absolute Gasteiger partial charge is 0.233 e. The fourth-order valence-corrected chi connectivity index (χ4v) is 3.27. The van der Waals surface area contributed by atoms with Crippen LogP contribution in [-0.4, -0.2) is 32.6 Å². The Hall–Kier alpha value is -2.96. The predicted molar refractivity (Wildman–Crippen MR) is 97.1 cm³/mol. The number of alkyl halides is 1. The standard InChI is InChI=1S/C20H20FN3O3/c1-12-22-17(11-26-12)13-6-7-14(18(25)10-13)16-8-9-20(24-23-16)27-19-5-3-2-4-15(19)21/h6-11,15,19,25H,2-5H2,1H3/t15-,19+/m0/s1. The molecule has 1 aliphatic rings. The number of ether oxygens (including phenoxy) is 1. The lowest BCUT2D eigenvalue weighted by Gasteiger charge is -2.25. The summed E-state index contributed by atoms with van der Waals surface area (Å²) in [6.07, 6.45) is 3.19. The first-order chi connectivity index (χ1) is 13.1. The van der Waals surface area contributed by atoms with Crippen LogP contribution in [0.25, 0.3) is 22.5 Å². The molecule has 0 radical (unpaired) electrons. The summed E-state index contributed by atoms with van der Waals surface area (Å²) < 4.78 is 24.7. The molecule has 1 N–H and O–H groups in total. The molecule has 0 aliphatic heterocycles. The molecular formula is C20H20FN3O3. The predicted octanol–water partition coefficient (Wildman–Crippen LogP) is 4.47. The second-order valence-electron chi connectivity index (χ2n) is 6.70. The molecule has 7 heteroatoms. The quantitative estimate of drug-likeness (QED) is 0.731. The molecule has 0 unspecified atom stereocenters. The van der Waals surface area contributed by atoms with E-state index in [9.17, 15) is 9.50 Å². The summed E-state index contributed by atoms with van der Waals surface area (Å²) in [7, 11) is 0. The van der Waals surface area contributed by atoms with Crippen molar-refractivity contribution in [3.8, 4) is 34.1 Å². The van der Waals surface area contributed by atoms with Crippen LogP contribution in [-0.2, 0) is 0 Å². The Morgan fingerprint density at radius 3 is 2.63 bits per heavy atom. The number of hydrogen-bond acceptors (Lipinski definition) is 6. The minimum absolute atomic E-state index is 0.0622. The first-order valence-electron chi connectivity index (χ1n) is 9.00. The summed E-state index contributed by atoms with van der Waals surface area (Å²) in [4.78, 5) is 4.24. The van der Waals surface area contributed by atoms with Crippen molar-refractivity contribution in [1.29, 1.82) is 0 Å². The van der Waals surface area contributed by atoms with Crippen molar-refractivity contribution in [2.75, 3.05) is 0 Å². The summed E-state index contributed by atoms with van der Waals surface area (Å²) in [5.74, 6) is 0.915. The highest BCUT2D eigenvalue weighted by Gasteiger charge is 2.26. The van der Waals surface area contributed by atoms with Crippen LogP contribution in [0.2, 0.25) is 0 Å². The molecule has 1 aromatic carbocycles. The van der Waals surface area contributed by atoms with Crippen molar-refractivity contribution in [3.63, 3.8) is 0 Å². The summed E-state index contributed by atoms with van der Waals surface area (Å²) in [5.41, 5.74) is 2.44. The van der Waals surface area contributed by atoms with Crippen LogP contribution in [0.4, 0.5) is 4.39 Å². The molecule has 2 atom stereocenters. The van der Waals surface area contributed by atoms with Gasteiger partial charge in [0, 0.05) is 24.1 Å².